The standard InChI is InChI=1S/C8H8BrNO5/c9-6-4(1-2-15-6)7(12)10-3-5(11)8(13)14/h1-2,5,11H,3H2,(H,10,12)(H,13,14)/t5-/m0/s1. The Hall–Kier alpha value is -1.34. The molecule has 0 spiro atoms. The zero-order chi connectivity index (χ0) is 11.4. The van der Waals surface area contributed by atoms with Gasteiger partial charge in [-0.25, -0.2) is 4.79 Å². The lowest BCUT2D eigenvalue weighted by atomic mass is 10.3. The van der Waals surface area contributed by atoms with E-state index in [2.05, 4.69) is 21.2 Å². The Morgan fingerprint density at radius 3 is 2.73 bits per heavy atom. The van der Waals surface area contributed by atoms with Gasteiger partial charge in [0, 0.05) is 0 Å². The highest BCUT2D eigenvalue weighted by Crippen LogP contribution is 2.16. The van der Waals surface area contributed by atoms with E-state index in [1.807, 2.05) is 0 Å². The lowest BCUT2D eigenvalue weighted by Gasteiger charge is -2.06. The Morgan fingerprint density at radius 1 is 1.60 bits per heavy atom. The van der Waals surface area contributed by atoms with Crippen molar-refractivity contribution in [3.8, 4) is 0 Å². The lowest BCUT2D eigenvalue weighted by molar-refractivity contribution is -0.146. The number of aliphatic carboxylic acids is 1. The van der Waals surface area contributed by atoms with Crippen LogP contribution in [0, 0.1) is 0 Å². The van der Waals surface area contributed by atoms with Gasteiger partial charge in [-0.1, -0.05) is 0 Å². The molecule has 1 aromatic rings. The number of hydrogen-bond donors (Lipinski definition) is 3. The van der Waals surface area contributed by atoms with Crippen LogP contribution in [0.5, 0.6) is 0 Å². The molecule has 0 aliphatic heterocycles. The summed E-state index contributed by atoms with van der Waals surface area (Å²) in [4.78, 5) is 21.6. The molecule has 1 rings (SSSR count). The molecule has 1 heterocycles. The number of amides is 1. The van der Waals surface area contributed by atoms with Crippen molar-refractivity contribution >= 4 is 27.8 Å². The zero-order valence-corrected chi connectivity index (χ0v) is 9.02. The van der Waals surface area contributed by atoms with E-state index in [0.29, 0.717) is 0 Å². The second kappa shape index (κ2) is 4.94. The van der Waals surface area contributed by atoms with Gasteiger partial charge in [-0.05, 0) is 22.0 Å². The van der Waals surface area contributed by atoms with E-state index < -0.39 is 18.0 Å². The molecule has 0 aliphatic rings. The molecule has 1 amide bonds. The fraction of sp³-hybridized carbons (Fsp3) is 0.250. The molecule has 15 heavy (non-hydrogen) atoms. The lowest BCUT2D eigenvalue weighted by Crippen LogP contribution is -2.36. The topological polar surface area (TPSA) is 99.8 Å². The Morgan fingerprint density at radius 2 is 2.27 bits per heavy atom. The van der Waals surface area contributed by atoms with Crippen LogP contribution in [0.15, 0.2) is 21.4 Å². The van der Waals surface area contributed by atoms with Gasteiger partial charge in [0.15, 0.2) is 10.8 Å². The van der Waals surface area contributed by atoms with Crippen molar-refractivity contribution in [2.45, 2.75) is 6.10 Å². The molecule has 3 N–H and O–H groups in total. The predicted molar refractivity (Wildman–Crippen MR) is 52.4 cm³/mol. The van der Waals surface area contributed by atoms with Crippen molar-refractivity contribution in [2.24, 2.45) is 0 Å². The van der Waals surface area contributed by atoms with Crippen molar-refractivity contribution in [3.63, 3.8) is 0 Å². The Kier molecular flexibility index (Phi) is 3.87. The third-order valence-electron chi connectivity index (χ3n) is 1.60. The molecule has 82 valence electrons. The molecule has 0 fully saturated rings. The molecule has 1 aromatic heterocycles. The minimum absolute atomic E-state index is 0.243. The van der Waals surface area contributed by atoms with Crippen LogP contribution in [-0.2, 0) is 4.79 Å². The predicted octanol–water partition coefficient (Wildman–Crippen LogP) is 0.217. The fourth-order valence-electron chi connectivity index (χ4n) is 0.828. The summed E-state index contributed by atoms with van der Waals surface area (Å²) < 4.78 is 5.07. The number of halogens is 1. The van der Waals surface area contributed by atoms with E-state index in [4.69, 9.17) is 14.6 Å². The first kappa shape index (κ1) is 11.7. The number of furan rings is 1. The minimum Gasteiger partial charge on any atom is -0.479 e. The number of carbonyl (C=O) groups excluding carboxylic acids is 1. The van der Waals surface area contributed by atoms with E-state index in [9.17, 15) is 9.59 Å². The summed E-state index contributed by atoms with van der Waals surface area (Å²) in [5, 5.41) is 19.5. The van der Waals surface area contributed by atoms with Gasteiger partial charge in [0.05, 0.1) is 18.4 Å². The third-order valence-corrected chi connectivity index (χ3v) is 2.22. The van der Waals surface area contributed by atoms with E-state index in [0.717, 1.165) is 0 Å². The maximum Gasteiger partial charge on any atom is 0.334 e. The largest absolute Gasteiger partial charge is 0.479 e. The molecule has 0 radical (unpaired) electrons. The Balaban J connectivity index is 2.51. The van der Waals surface area contributed by atoms with Crippen molar-refractivity contribution < 1.29 is 24.2 Å². The quantitative estimate of drug-likeness (QED) is 0.731. The number of rotatable bonds is 4. The second-order valence-electron chi connectivity index (χ2n) is 2.67. The number of carboxylic acid groups (broad SMARTS) is 1. The molecule has 7 heteroatoms. The summed E-state index contributed by atoms with van der Waals surface area (Å²) >= 11 is 3.00. The van der Waals surface area contributed by atoms with Crippen LogP contribution in [0.2, 0.25) is 0 Å². The average Bonchev–Trinajstić information content (AvgIpc) is 2.60. The molecular formula is C8H8BrNO5. The Labute approximate surface area is 93.0 Å². The molecule has 0 saturated carbocycles. The monoisotopic (exact) mass is 277 g/mol. The molecule has 0 aliphatic carbocycles. The molecule has 0 bridgehead atoms. The van der Waals surface area contributed by atoms with Gasteiger partial charge in [-0.3, -0.25) is 4.79 Å². The van der Waals surface area contributed by atoms with Gasteiger partial charge in [-0.2, -0.15) is 0 Å². The zero-order valence-electron chi connectivity index (χ0n) is 7.44. The second-order valence-corrected chi connectivity index (χ2v) is 3.39. The van der Waals surface area contributed by atoms with Crippen molar-refractivity contribution in [3.05, 3.63) is 22.6 Å². The molecule has 0 saturated heterocycles. The van der Waals surface area contributed by atoms with Gasteiger partial charge in [0.25, 0.3) is 5.91 Å². The van der Waals surface area contributed by atoms with Crippen LogP contribution in [0.1, 0.15) is 10.4 Å². The van der Waals surface area contributed by atoms with Crippen molar-refractivity contribution in [1.82, 2.24) is 5.32 Å². The molecule has 0 unspecified atom stereocenters. The fourth-order valence-corrected chi connectivity index (χ4v) is 1.25. The van der Waals surface area contributed by atoms with Crippen LogP contribution in [0.3, 0.4) is 0 Å². The van der Waals surface area contributed by atoms with Gasteiger partial charge in [0.1, 0.15) is 0 Å². The SMILES string of the molecule is O=C(NC[C@H](O)C(=O)O)c1ccoc1Br. The van der Waals surface area contributed by atoms with Gasteiger partial charge >= 0.3 is 5.97 Å². The smallest absolute Gasteiger partial charge is 0.334 e. The van der Waals surface area contributed by atoms with Crippen LogP contribution < -0.4 is 5.32 Å². The van der Waals surface area contributed by atoms with Gasteiger partial charge in [-0.15, -0.1) is 0 Å². The first-order chi connectivity index (χ1) is 7.02. The minimum atomic E-state index is -1.61. The first-order valence-electron chi connectivity index (χ1n) is 3.94. The summed E-state index contributed by atoms with van der Waals surface area (Å²) in [7, 11) is 0. The number of aliphatic hydroxyl groups excluding tert-OH is 1. The average molecular weight is 278 g/mol. The van der Waals surface area contributed by atoms with Crippen LogP contribution in [0.4, 0.5) is 0 Å². The molecular weight excluding hydrogens is 270 g/mol. The summed E-state index contributed by atoms with van der Waals surface area (Å²) in [6, 6.07) is 1.42. The molecule has 0 aromatic carbocycles. The highest BCUT2D eigenvalue weighted by atomic mass is 79.9. The number of carbonyl (C=O) groups is 2. The number of carboxylic acids is 1. The van der Waals surface area contributed by atoms with Crippen LogP contribution in [0.25, 0.3) is 0 Å². The maximum absolute atomic E-state index is 11.3. The van der Waals surface area contributed by atoms with E-state index in [1.165, 1.54) is 12.3 Å². The maximum atomic E-state index is 11.3. The number of aliphatic hydroxyl groups is 1. The molecule has 1 atom stereocenters. The highest BCUT2D eigenvalue weighted by Gasteiger charge is 2.17. The highest BCUT2D eigenvalue weighted by molar-refractivity contribution is 9.10. The van der Waals surface area contributed by atoms with Crippen molar-refractivity contribution in [1.29, 1.82) is 0 Å². The summed E-state index contributed by atoms with van der Waals surface area (Å²) in [5.41, 5.74) is 0.243. The van der Waals surface area contributed by atoms with Crippen LogP contribution in [-0.4, -0.2) is 34.7 Å². The van der Waals surface area contributed by atoms with Gasteiger partial charge < -0.3 is 19.9 Å². The van der Waals surface area contributed by atoms with E-state index in [-0.39, 0.29) is 16.8 Å². The van der Waals surface area contributed by atoms with Gasteiger partial charge in [0.2, 0.25) is 0 Å². The van der Waals surface area contributed by atoms with Crippen LogP contribution >= 0.6 is 15.9 Å². The number of nitrogens with one attached hydrogen (secondary N) is 1. The Bertz CT molecular complexity index is 375. The summed E-state index contributed by atoms with van der Waals surface area (Å²) in [6.07, 6.45) is -0.299. The first-order valence-corrected chi connectivity index (χ1v) is 4.73. The van der Waals surface area contributed by atoms with Crippen molar-refractivity contribution in [2.75, 3.05) is 6.54 Å². The van der Waals surface area contributed by atoms with E-state index in [1.54, 1.807) is 0 Å². The summed E-state index contributed by atoms with van der Waals surface area (Å²) in [5.74, 6) is -1.91. The number of hydrogen-bond acceptors (Lipinski definition) is 4. The summed E-state index contributed by atoms with van der Waals surface area (Å²) in [6.45, 7) is -0.355. The third kappa shape index (κ3) is 3.07. The van der Waals surface area contributed by atoms with E-state index >= 15 is 0 Å². The molecule has 6 nitrogen and oxygen atoms in total. The normalized spacial score (nSPS) is 12.1.